The second-order valence-electron chi connectivity index (χ2n) is 6.87. The topological polar surface area (TPSA) is 79.5 Å². The largest absolute Gasteiger partial charge is 0.419 e. The highest BCUT2D eigenvalue weighted by molar-refractivity contribution is 5.91. The molecule has 2 aromatic carbocycles. The van der Waals surface area contributed by atoms with Gasteiger partial charge in [-0.25, -0.2) is 9.59 Å². The van der Waals surface area contributed by atoms with Gasteiger partial charge in [0.15, 0.2) is 5.58 Å². The minimum atomic E-state index is -0.424. The molecule has 0 aliphatic carbocycles. The maximum atomic E-state index is 12.2. The molecule has 2 heterocycles. The molecule has 2 amide bonds. The summed E-state index contributed by atoms with van der Waals surface area (Å²) in [7, 11) is 1.64. The summed E-state index contributed by atoms with van der Waals surface area (Å²) in [6.07, 6.45) is 1.03. The maximum Gasteiger partial charge on any atom is 0.419 e. The number of rotatable bonds is 4. The van der Waals surface area contributed by atoms with Gasteiger partial charge in [0.25, 0.3) is 0 Å². The molecule has 1 aliphatic heterocycles. The van der Waals surface area contributed by atoms with Crippen molar-refractivity contribution in [2.45, 2.75) is 19.4 Å². The Balaban J connectivity index is 1.34. The number of benzene rings is 2. The smallest absolute Gasteiger partial charge is 0.408 e. The second kappa shape index (κ2) is 6.83. The molecule has 0 radical (unpaired) electrons. The summed E-state index contributed by atoms with van der Waals surface area (Å²) >= 11 is 0. The van der Waals surface area contributed by atoms with Gasteiger partial charge in [0.2, 0.25) is 0 Å². The third kappa shape index (κ3) is 3.28. The van der Waals surface area contributed by atoms with E-state index in [4.69, 9.17) is 4.42 Å². The predicted octanol–water partition coefficient (Wildman–Crippen LogP) is 2.70. The van der Waals surface area contributed by atoms with E-state index in [2.05, 4.69) is 40.7 Å². The number of anilines is 2. The van der Waals surface area contributed by atoms with Crippen LogP contribution in [0.5, 0.6) is 0 Å². The summed E-state index contributed by atoms with van der Waals surface area (Å²) in [5, 5.41) is 5.66. The van der Waals surface area contributed by atoms with Crippen molar-refractivity contribution >= 4 is 28.5 Å². The fraction of sp³-hybridized carbons (Fsp3) is 0.300. The average Bonchev–Trinajstić information content (AvgIpc) is 3.11. The zero-order valence-corrected chi connectivity index (χ0v) is 15.4. The lowest BCUT2D eigenvalue weighted by Gasteiger charge is -2.25. The molecule has 1 aliphatic rings. The molecule has 140 valence electrons. The van der Waals surface area contributed by atoms with Crippen molar-refractivity contribution in [2.75, 3.05) is 23.3 Å². The molecule has 0 unspecified atom stereocenters. The van der Waals surface area contributed by atoms with Gasteiger partial charge < -0.3 is 20.0 Å². The number of oxazole rings is 1. The molecule has 0 saturated heterocycles. The van der Waals surface area contributed by atoms with Crippen LogP contribution < -0.4 is 21.3 Å². The fourth-order valence-corrected chi connectivity index (χ4v) is 3.65. The Morgan fingerprint density at radius 1 is 1.26 bits per heavy atom. The van der Waals surface area contributed by atoms with E-state index in [-0.39, 0.29) is 6.03 Å². The van der Waals surface area contributed by atoms with Crippen LogP contribution in [-0.2, 0) is 13.5 Å². The van der Waals surface area contributed by atoms with Crippen LogP contribution in [0.25, 0.3) is 11.1 Å². The first-order valence-corrected chi connectivity index (χ1v) is 9.02. The van der Waals surface area contributed by atoms with Gasteiger partial charge in [0.1, 0.15) is 0 Å². The van der Waals surface area contributed by atoms with Crippen LogP contribution in [0, 0.1) is 0 Å². The molecular formula is C20H22N4O3. The van der Waals surface area contributed by atoms with E-state index < -0.39 is 5.76 Å². The van der Waals surface area contributed by atoms with Crippen molar-refractivity contribution in [3.63, 3.8) is 0 Å². The first-order chi connectivity index (χ1) is 13.0. The van der Waals surface area contributed by atoms with Crippen molar-refractivity contribution < 1.29 is 9.21 Å². The number of hydrogen-bond donors (Lipinski definition) is 2. The van der Waals surface area contributed by atoms with Crippen LogP contribution in [0.15, 0.2) is 51.7 Å². The molecule has 7 nitrogen and oxygen atoms in total. The van der Waals surface area contributed by atoms with Crippen LogP contribution in [0.1, 0.15) is 12.5 Å². The van der Waals surface area contributed by atoms with Gasteiger partial charge in [0, 0.05) is 43.6 Å². The van der Waals surface area contributed by atoms with E-state index in [0.29, 0.717) is 29.4 Å². The van der Waals surface area contributed by atoms with Gasteiger partial charge in [0.05, 0.1) is 5.52 Å². The van der Waals surface area contributed by atoms with Crippen LogP contribution in [0.3, 0.4) is 0 Å². The number of carbonyl (C=O) groups excluding carboxylic acids is 1. The number of fused-ring (bicyclic) bond motifs is 2. The lowest BCUT2D eigenvalue weighted by Crippen LogP contribution is -2.39. The molecule has 27 heavy (non-hydrogen) atoms. The van der Waals surface area contributed by atoms with Gasteiger partial charge in [-0.15, -0.1) is 0 Å². The van der Waals surface area contributed by atoms with Gasteiger partial charge in [-0.05, 0) is 37.1 Å². The van der Waals surface area contributed by atoms with Crippen molar-refractivity contribution in [1.29, 1.82) is 0 Å². The Hall–Kier alpha value is -3.22. The molecule has 0 fully saturated rings. The zero-order valence-electron chi connectivity index (χ0n) is 15.4. The van der Waals surface area contributed by atoms with Gasteiger partial charge >= 0.3 is 11.8 Å². The molecule has 0 spiro atoms. The average molecular weight is 366 g/mol. The quantitative estimate of drug-likeness (QED) is 0.744. The monoisotopic (exact) mass is 366 g/mol. The first-order valence-electron chi connectivity index (χ1n) is 9.02. The molecule has 2 N–H and O–H groups in total. The molecule has 0 saturated carbocycles. The summed E-state index contributed by atoms with van der Waals surface area (Å²) < 4.78 is 6.57. The van der Waals surface area contributed by atoms with E-state index in [9.17, 15) is 9.59 Å². The predicted molar refractivity (Wildman–Crippen MR) is 105 cm³/mol. The standard InChI is InChI=1S/C20H22N4O3/c1-13-11-14-5-3-4-6-16(14)24(13)10-9-21-19(25)22-15-7-8-17-18(12-15)27-20(26)23(17)2/h3-8,12-13H,9-11H2,1-2H3,(H2,21,22,25)/t13-/m0/s1. The molecule has 0 bridgehead atoms. The van der Waals surface area contributed by atoms with E-state index in [0.717, 1.165) is 13.0 Å². The van der Waals surface area contributed by atoms with Crippen LogP contribution in [0.2, 0.25) is 0 Å². The van der Waals surface area contributed by atoms with E-state index in [1.54, 1.807) is 25.2 Å². The normalized spacial score (nSPS) is 15.8. The first kappa shape index (κ1) is 17.2. The summed E-state index contributed by atoms with van der Waals surface area (Å²) in [5.74, 6) is -0.424. The van der Waals surface area contributed by atoms with Gasteiger partial charge in [-0.2, -0.15) is 0 Å². The highest BCUT2D eigenvalue weighted by Gasteiger charge is 2.24. The Morgan fingerprint density at radius 3 is 2.93 bits per heavy atom. The number of hydrogen-bond acceptors (Lipinski definition) is 4. The number of amides is 2. The van der Waals surface area contributed by atoms with Crippen molar-refractivity contribution in [1.82, 2.24) is 9.88 Å². The number of para-hydroxylation sites is 1. The Morgan fingerprint density at radius 2 is 2.07 bits per heavy atom. The third-order valence-electron chi connectivity index (χ3n) is 5.04. The molecule has 1 aromatic heterocycles. The van der Waals surface area contributed by atoms with Crippen molar-refractivity contribution in [2.24, 2.45) is 7.05 Å². The number of nitrogens with one attached hydrogen (secondary N) is 2. The lowest BCUT2D eigenvalue weighted by atomic mass is 10.1. The van der Waals surface area contributed by atoms with E-state index >= 15 is 0 Å². The second-order valence-corrected chi connectivity index (χ2v) is 6.87. The SMILES string of the molecule is C[C@H]1Cc2ccccc2N1CCNC(=O)Nc1ccc2c(c1)oc(=O)n2C. The highest BCUT2D eigenvalue weighted by atomic mass is 16.4. The third-order valence-corrected chi connectivity index (χ3v) is 5.04. The fourth-order valence-electron chi connectivity index (χ4n) is 3.65. The van der Waals surface area contributed by atoms with E-state index in [1.165, 1.54) is 15.8 Å². The van der Waals surface area contributed by atoms with Gasteiger partial charge in [-0.1, -0.05) is 18.2 Å². The summed E-state index contributed by atoms with van der Waals surface area (Å²) in [6.45, 7) is 3.48. The maximum absolute atomic E-state index is 12.2. The minimum absolute atomic E-state index is 0.284. The number of nitrogens with zero attached hydrogens (tertiary/aromatic N) is 2. The summed E-state index contributed by atoms with van der Waals surface area (Å²) in [6, 6.07) is 13.7. The van der Waals surface area contributed by atoms with Crippen LogP contribution in [-0.4, -0.2) is 29.7 Å². The molecule has 3 aromatic rings. The van der Waals surface area contributed by atoms with Crippen molar-refractivity contribution in [3.05, 3.63) is 58.6 Å². The number of aryl methyl sites for hydroxylation is 1. The zero-order chi connectivity index (χ0) is 19.0. The van der Waals surface area contributed by atoms with E-state index in [1.807, 2.05) is 6.07 Å². The van der Waals surface area contributed by atoms with Crippen LogP contribution in [0.4, 0.5) is 16.2 Å². The summed E-state index contributed by atoms with van der Waals surface area (Å²) in [4.78, 5) is 26.0. The lowest BCUT2D eigenvalue weighted by molar-refractivity contribution is 0.252. The molecular weight excluding hydrogens is 344 g/mol. The Labute approximate surface area is 156 Å². The highest BCUT2D eigenvalue weighted by Crippen LogP contribution is 2.31. The molecule has 7 heteroatoms. The minimum Gasteiger partial charge on any atom is -0.408 e. The van der Waals surface area contributed by atoms with Crippen LogP contribution >= 0.6 is 0 Å². The number of urea groups is 1. The number of carbonyl (C=O) groups is 1. The number of aromatic nitrogens is 1. The van der Waals surface area contributed by atoms with Crippen molar-refractivity contribution in [3.8, 4) is 0 Å². The summed E-state index contributed by atoms with van der Waals surface area (Å²) in [5.41, 5.74) is 4.31. The Bertz CT molecular complexity index is 1050. The molecule has 4 rings (SSSR count). The molecule has 1 atom stereocenters. The Kier molecular flexibility index (Phi) is 4.35. The van der Waals surface area contributed by atoms with Gasteiger partial charge in [-0.3, -0.25) is 4.57 Å².